The normalized spacial score (nSPS) is 18.7. The molecule has 9 nitrogen and oxygen atoms in total. The van der Waals surface area contributed by atoms with Crippen LogP contribution in [-0.4, -0.2) is 78.9 Å². The molecule has 2 heterocycles. The van der Waals surface area contributed by atoms with E-state index in [1.165, 1.54) is 0 Å². The summed E-state index contributed by atoms with van der Waals surface area (Å²) in [6.07, 6.45) is 1.07. The molecule has 1 fully saturated rings. The molecule has 2 aromatic carbocycles. The summed E-state index contributed by atoms with van der Waals surface area (Å²) in [5.74, 6) is 1.76. The van der Waals surface area contributed by atoms with Crippen LogP contribution in [0.3, 0.4) is 0 Å². The number of fused-ring (bicyclic) bond motifs is 1. The number of hydrogen-bond acceptors (Lipinski definition) is 8. The predicted octanol–water partition coefficient (Wildman–Crippen LogP) is 2.49. The number of nitrogens with one attached hydrogen (secondary N) is 1. The van der Waals surface area contributed by atoms with E-state index in [0.29, 0.717) is 86.9 Å². The number of ether oxygens (including phenoxy) is 3. The standard InChI is InChI=1S/C28H36N2O7/c1-35-22-9-6-19(7-10-22)24(32)4-2-3-5-27(33)29-23(18-30-13-12-21(31)17-30)28(34)20-8-11-25-26(16-20)37-15-14-36-25/h6-11,16,21,23,28,31,34H,2-5,12-15,17-18H2,1H3,(H,29,33)/t21?,23-,28-/m1/s1. The topological polar surface area (TPSA) is 118 Å². The van der Waals surface area contributed by atoms with E-state index in [2.05, 4.69) is 5.32 Å². The first kappa shape index (κ1) is 26.9. The molecular weight excluding hydrogens is 476 g/mol. The highest BCUT2D eigenvalue weighted by Gasteiger charge is 2.29. The van der Waals surface area contributed by atoms with E-state index in [-0.39, 0.29) is 18.1 Å². The molecular formula is C28H36N2O7. The van der Waals surface area contributed by atoms with Crippen LogP contribution < -0.4 is 19.5 Å². The van der Waals surface area contributed by atoms with Crippen LogP contribution in [0.5, 0.6) is 17.2 Å². The van der Waals surface area contributed by atoms with Gasteiger partial charge in [-0.05, 0) is 61.2 Å². The first-order valence-corrected chi connectivity index (χ1v) is 12.9. The number of aliphatic hydroxyl groups is 2. The van der Waals surface area contributed by atoms with E-state index in [4.69, 9.17) is 14.2 Å². The Bertz CT molecular complexity index is 1060. The van der Waals surface area contributed by atoms with Crippen molar-refractivity contribution in [1.29, 1.82) is 0 Å². The number of amides is 1. The summed E-state index contributed by atoms with van der Waals surface area (Å²) in [6.45, 7) is 2.55. The Labute approximate surface area is 217 Å². The molecule has 0 saturated carbocycles. The Morgan fingerprint density at radius 2 is 1.81 bits per heavy atom. The van der Waals surface area contributed by atoms with Crippen molar-refractivity contribution in [3.05, 3.63) is 53.6 Å². The Morgan fingerprint density at radius 1 is 1.08 bits per heavy atom. The highest BCUT2D eigenvalue weighted by atomic mass is 16.6. The number of ketones is 1. The van der Waals surface area contributed by atoms with Gasteiger partial charge in [0.05, 0.1) is 19.3 Å². The summed E-state index contributed by atoms with van der Waals surface area (Å²) < 4.78 is 16.3. The molecule has 1 amide bonds. The zero-order valence-electron chi connectivity index (χ0n) is 21.2. The minimum atomic E-state index is -0.964. The first-order chi connectivity index (χ1) is 17.9. The predicted molar refractivity (Wildman–Crippen MR) is 137 cm³/mol. The molecule has 2 aliphatic heterocycles. The second kappa shape index (κ2) is 12.9. The monoisotopic (exact) mass is 512 g/mol. The summed E-state index contributed by atoms with van der Waals surface area (Å²) in [7, 11) is 1.58. The summed E-state index contributed by atoms with van der Waals surface area (Å²) >= 11 is 0. The molecule has 3 N–H and O–H groups in total. The SMILES string of the molecule is COc1ccc(C(=O)CCCCC(=O)N[C@H](CN2CCC(O)C2)[C@H](O)c2ccc3c(c2)OCCO3)cc1. The molecule has 3 atom stereocenters. The summed E-state index contributed by atoms with van der Waals surface area (Å²) in [5, 5.41) is 24.1. The Hall–Kier alpha value is -3.14. The van der Waals surface area contributed by atoms with Crippen LogP contribution in [0.2, 0.25) is 0 Å². The van der Waals surface area contributed by atoms with Crippen molar-refractivity contribution >= 4 is 11.7 Å². The number of unbranched alkanes of at least 4 members (excludes halogenated alkanes) is 1. The zero-order chi connectivity index (χ0) is 26.2. The van der Waals surface area contributed by atoms with E-state index in [1.54, 1.807) is 49.6 Å². The number of benzene rings is 2. The lowest BCUT2D eigenvalue weighted by Crippen LogP contribution is -2.47. The molecule has 0 aromatic heterocycles. The van der Waals surface area contributed by atoms with Crippen molar-refractivity contribution in [2.24, 2.45) is 0 Å². The van der Waals surface area contributed by atoms with Gasteiger partial charge in [-0.15, -0.1) is 0 Å². The number of rotatable bonds is 12. The van der Waals surface area contributed by atoms with Crippen LogP contribution in [0, 0.1) is 0 Å². The lowest BCUT2D eigenvalue weighted by atomic mass is 10.00. The quantitative estimate of drug-likeness (QED) is 0.293. The summed E-state index contributed by atoms with van der Waals surface area (Å²) in [5.41, 5.74) is 1.25. The van der Waals surface area contributed by atoms with Gasteiger partial charge < -0.3 is 29.7 Å². The molecule has 2 aliphatic rings. The average molecular weight is 513 g/mol. The van der Waals surface area contributed by atoms with E-state index in [9.17, 15) is 19.8 Å². The minimum Gasteiger partial charge on any atom is -0.497 e. The minimum absolute atomic E-state index is 0.0301. The molecule has 4 rings (SSSR count). The fourth-order valence-corrected chi connectivity index (χ4v) is 4.73. The molecule has 1 unspecified atom stereocenters. The van der Waals surface area contributed by atoms with E-state index >= 15 is 0 Å². The van der Waals surface area contributed by atoms with Gasteiger partial charge in [-0.25, -0.2) is 0 Å². The van der Waals surface area contributed by atoms with Crippen molar-refractivity contribution in [3.63, 3.8) is 0 Å². The fourth-order valence-electron chi connectivity index (χ4n) is 4.73. The van der Waals surface area contributed by atoms with E-state index < -0.39 is 18.2 Å². The van der Waals surface area contributed by atoms with Crippen molar-refractivity contribution < 1.29 is 34.0 Å². The van der Waals surface area contributed by atoms with Gasteiger partial charge in [0.2, 0.25) is 5.91 Å². The fraction of sp³-hybridized carbons (Fsp3) is 0.500. The van der Waals surface area contributed by atoms with Crippen LogP contribution >= 0.6 is 0 Å². The van der Waals surface area contributed by atoms with Gasteiger partial charge in [0.15, 0.2) is 17.3 Å². The number of nitrogens with zero attached hydrogens (tertiary/aromatic N) is 1. The maximum Gasteiger partial charge on any atom is 0.220 e. The number of carbonyl (C=O) groups excluding carboxylic acids is 2. The van der Waals surface area contributed by atoms with Crippen LogP contribution in [0.25, 0.3) is 0 Å². The lowest BCUT2D eigenvalue weighted by Gasteiger charge is -2.29. The van der Waals surface area contributed by atoms with E-state index in [1.807, 2.05) is 4.90 Å². The Balaban J connectivity index is 1.31. The second-order valence-electron chi connectivity index (χ2n) is 9.58. The van der Waals surface area contributed by atoms with Crippen molar-refractivity contribution in [2.45, 2.75) is 50.4 Å². The third kappa shape index (κ3) is 7.44. The smallest absolute Gasteiger partial charge is 0.220 e. The number of β-amino-alcohol motifs (C(OH)–C–C–N with tert-alkyl or cyclic N) is 1. The molecule has 200 valence electrons. The van der Waals surface area contributed by atoms with Crippen LogP contribution in [-0.2, 0) is 4.79 Å². The highest BCUT2D eigenvalue weighted by molar-refractivity contribution is 5.96. The van der Waals surface area contributed by atoms with Crippen molar-refractivity contribution in [3.8, 4) is 17.2 Å². The van der Waals surface area contributed by atoms with Gasteiger partial charge in [0.1, 0.15) is 25.1 Å². The van der Waals surface area contributed by atoms with Gasteiger partial charge in [0, 0.05) is 38.0 Å². The maximum absolute atomic E-state index is 12.8. The summed E-state index contributed by atoms with van der Waals surface area (Å²) in [4.78, 5) is 27.3. The number of likely N-dealkylation sites (tertiary alicyclic amines) is 1. The highest BCUT2D eigenvalue weighted by Crippen LogP contribution is 2.33. The van der Waals surface area contributed by atoms with Gasteiger partial charge in [0.25, 0.3) is 0 Å². The number of aliphatic hydroxyl groups excluding tert-OH is 2. The molecule has 1 saturated heterocycles. The molecule has 37 heavy (non-hydrogen) atoms. The molecule has 0 bridgehead atoms. The third-order valence-corrected chi connectivity index (χ3v) is 6.81. The van der Waals surface area contributed by atoms with Crippen molar-refractivity contribution in [2.75, 3.05) is 40.0 Å². The number of methoxy groups -OCH3 is 1. The van der Waals surface area contributed by atoms with Crippen LogP contribution in [0.1, 0.15) is 54.1 Å². The number of hydrogen-bond donors (Lipinski definition) is 3. The van der Waals surface area contributed by atoms with Crippen LogP contribution in [0.15, 0.2) is 42.5 Å². The molecule has 9 heteroatoms. The van der Waals surface area contributed by atoms with Crippen LogP contribution in [0.4, 0.5) is 0 Å². The third-order valence-electron chi connectivity index (χ3n) is 6.81. The van der Waals surface area contributed by atoms with Gasteiger partial charge in [-0.3, -0.25) is 14.5 Å². The molecule has 0 radical (unpaired) electrons. The van der Waals surface area contributed by atoms with E-state index in [0.717, 1.165) is 0 Å². The number of carbonyl (C=O) groups is 2. The van der Waals surface area contributed by atoms with Gasteiger partial charge in [-0.1, -0.05) is 6.07 Å². The largest absolute Gasteiger partial charge is 0.497 e. The first-order valence-electron chi connectivity index (χ1n) is 12.9. The lowest BCUT2D eigenvalue weighted by molar-refractivity contribution is -0.123. The molecule has 0 aliphatic carbocycles. The van der Waals surface area contributed by atoms with Crippen molar-refractivity contribution in [1.82, 2.24) is 10.2 Å². The average Bonchev–Trinajstić information content (AvgIpc) is 3.34. The number of Topliss-reactive ketones (excluding diaryl/α,β-unsaturated/α-hetero) is 1. The Morgan fingerprint density at radius 3 is 2.51 bits per heavy atom. The van der Waals surface area contributed by atoms with Gasteiger partial charge >= 0.3 is 0 Å². The second-order valence-corrected chi connectivity index (χ2v) is 9.58. The zero-order valence-corrected chi connectivity index (χ0v) is 21.2. The molecule has 2 aromatic rings. The summed E-state index contributed by atoms with van der Waals surface area (Å²) in [6, 6.07) is 11.7. The maximum atomic E-state index is 12.8. The van der Waals surface area contributed by atoms with Gasteiger partial charge in [-0.2, -0.15) is 0 Å². The molecule has 0 spiro atoms. The Kier molecular flexibility index (Phi) is 9.38.